The van der Waals surface area contributed by atoms with E-state index in [-0.39, 0.29) is 17.1 Å². The maximum Gasteiger partial charge on any atom is 0.261 e. The molecule has 2 N–H and O–H groups in total. The molecule has 2 rings (SSSR count). The van der Waals surface area contributed by atoms with Gasteiger partial charge >= 0.3 is 0 Å². The summed E-state index contributed by atoms with van der Waals surface area (Å²) in [5.74, 6) is -0.371. The van der Waals surface area contributed by atoms with Crippen LogP contribution in [0.2, 0.25) is 0 Å². The lowest BCUT2D eigenvalue weighted by atomic mass is 10.2. The third-order valence-corrected chi connectivity index (χ3v) is 3.55. The van der Waals surface area contributed by atoms with Crippen LogP contribution < -0.4 is 10.1 Å². The molecule has 1 aromatic heterocycles. The molecule has 7 heteroatoms. The zero-order valence-electron chi connectivity index (χ0n) is 9.31. The fraction of sp³-hybridized carbons (Fsp3) is 0.0909. The number of hydrogen-bond donors (Lipinski definition) is 2. The molecule has 2 aromatic rings. The molecule has 0 radical (unpaired) electrons. The molecule has 0 unspecified atom stereocenters. The number of aromatic hydroxyl groups is 1. The second-order valence-electron chi connectivity index (χ2n) is 3.28. The Hall–Kier alpha value is -1.60. The predicted octanol–water partition coefficient (Wildman–Crippen LogP) is 2.87. The van der Waals surface area contributed by atoms with Gasteiger partial charge < -0.3 is 9.84 Å². The lowest BCUT2D eigenvalue weighted by Gasteiger charge is -2.07. The number of rotatable bonds is 3. The molecule has 0 spiro atoms. The number of anilines is 1. The maximum absolute atomic E-state index is 11.9. The number of phenols is 1. The van der Waals surface area contributed by atoms with Crippen LogP contribution in [0.25, 0.3) is 0 Å². The van der Waals surface area contributed by atoms with E-state index in [0.717, 1.165) is 3.79 Å². The van der Waals surface area contributed by atoms with Gasteiger partial charge in [0, 0.05) is 0 Å². The highest BCUT2D eigenvalue weighted by Gasteiger charge is 2.15. The molecule has 1 aromatic carbocycles. The van der Waals surface area contributed by atoms with Gasteiger partial charge in [-0.2, -0.15) is 0 Å². The average molecular weight is 329 g/mol. The van der Waals surface area contributed by atoms with E-state index in [0.29, 0.717) is 5.13 Å². The fourth-order valence-electron chi connectivity index (χ4n) is 1.35. The summed E-state index contributed by atoms with van der Waals surface area (Å²) in [7, 11) is 1.43. The number of thiazole rings is 1. The van der Waals surface area contributed by atoms with Crippen LogP contribution in [0, 0.1) is 0 Å². The molecule has 94 valence electrons. The second-order valence-corrected chi connectivity index (χ2v) is 5.69. The van der Waals surface area contributed by atoms with Crippen molar-refractivity contribution in [2.75, 3.05) is 12.4 Å². The van der Waals surface area contributed by atoms with E-state index in [1.165, 1.54) is 24.5 Å². The first-order chi connectivity index (χ1) is 8.61. The third-order valence-electron chi connectivity index (χ3n) is 2.16. The van der Waals surface area contributed by atoms with Gasteiger partial charge in [-0.25, -0.2) is 4.98 Å². The smallest absolute Gasteiger partial charge is 0.261 e. The van der Waals surface area contributed by atoms with Crippen LogP contribution in [0.5, 0.6) is 11.5 Å². The van der Waals surface area contributed by atoms with Gasteiger partial charge in [0.2, 0.25) is 0 Å². The Morgan fingerprint density at radius 2 is 2.33 bits per heavy atom. The molecule has 5 nitrogen and oxygen atoms in total. The minimum absolute atomic E-state index is 0.140. The van der Waals surface area contributed by atoms with Gasteiger partial charge in [0.1, 0.15) is 0 Å². The van der Waals surface area contributed by atoms with Gasteiger partial charge in [-0.05, 0) is 28.1 Å². The molecule has 1 heterocycles. The van der Waals surface area contributed by atoms with Crippen molar-refractivity contribution in [3.8, 4) is 11.5 Å². The largest absolute Gasteiger partial charge is 0.504 e. The molecular formula is C11H9BrN2O3S. The van der Waals surface area contributed by atoms with E-state index in [1.807, 2.05) is 0 Å². The van der Waals surface area contributed by atoms with E-state index >= 15 is 0 Å². The summed E-state index contributed by atoms with van der Waals surface area (Å²) in [6, 6.07) is 4.72. The first kappa shape index (κ1) is 12.8. The molecule has 18 heavy (non-hydrogen) atoms. The lowest BCUT2D eigenvalue weighted by Crippen LogP contribution is -2.12. The molecule has 0 saturated carbocycles. The van der Waals surface area contributed by atoms with Crippen molar-refractivity contribution in [1.29, 1.82) is 0 Å². The first-order valence-electron chi connectivity index (χ1n) is 4.90. The summed E-state index contributed by atoms with van der Waals surface area (Å²) in [4.78, 5) is 15.9. The van der Waals surface area contributed by atoms with Crippen molar-refractivity contribution in [2.24, 2.45) is 0 Å². The van der Waals surface area contributed by atoms with Crippen LogP contribution in [0.15, 0.2) is 28.2 Å². The number of phenolic OH excluding ortho intramolecular Hbond substituents is 1. The Balaban J connectivity index is 2.24. The maximum atomic E-state index is 11.9. The first-order valence-corrected chi connectivity index (χ1v) is 6.51. The summed E-state index contributed by atoms with van der Waals surface area (Å²) < 4.78 is 5.75. The number of carbonyl (C=O) groups is 1. The normalized spacial score (nSPS) is 10.1. The van der Waals surface area contributed by atoms with E-state index in [4.69, 9.17) is 4.74 Å². The topological polar surface area (TPSA) is 71.5 Å². The summed E-state index contributed by atoms with van der Waals surface area (Å²) in [6.45, 7) is 0. The van der Waals surface area contributed by atoms with E-state index in [9.17, 15) is 9.90 Å². The molecule has 0 aliphatic carbocycles. The third kappa shape index (κ3) is 2.62. The Labute approximate surface area is 116 Å². The van der Waals surface area contributed by atoms with Crippen molar-refractivity contribution < 1.29 is 14.6 Å². The van der Waals surface area contributed by atoms with Crippen molar-refractivity contribution in [3.63, 3.8) is 0 Å². The van der Waals surface area contributed by atoms with E-state index in [2.05, 4.69) is 26.2 Å². The van der Waals surface area contributed by atoms with E-state index in [1.54, 1.807) is 18.3 Å². The van der Waals surface area contributed by atoms with Crippen molar-refractivity contribution in [1.82, 2.24) is 4.98 Å². The molecule has 0 fully saturated rings. The SMILES string of the molecule is COc1cccc(C(=O)Nc2ncc(Br)s2)c1O. The highest BCUT2D eigenvalue weighted by atomic mass is 79.9. The number of methoxy groups -OCH3 is 1. The Kier molecular flexibility index (Phi) is 3.83. The number of hydrogen-bond acceptors (Lipinski definition) is 5. The Morgan fingerprint density at radius 1 is 1.56 bits per heavy atom. The van der Waals surface area contributed by atoms with Gasteiger partial charge in [-0.15, -0.1) is 0 Å². The predicted molar refractivity (Wildman–Crippen MR) is 72.4 cm³/mol. The van der Waals surface area contributed by atoms with Crippen molar-refractivity contribution in [2.45, 2.75) is 0 Å². The number of benzene rings is 1. The van der Waals surface area contributed by atoms with Gasteiger partial charge in [-0.3, -0.25) is 10.1 Å². The minimum atomic E-state index is -0.437. The van der Waals surface area contributed by atoms with Crippen LogP contribution in [0.4, 0.5) is 5.13 Å². The number of para-hydroxylation sites is 1. The van der Waals surface area contributed by atoms with Gasteiger partial charge in [0.15, 0.2) is 16.6 Å². The number of ether oxygens (including phenoxy) is 1. The quantitative estimate of drug-likeness (QED) is 0.908. The molecule has 0 bridgehead atoms. The number of nitrogens with one attached hydrogen (secondary N) is 1. The highest BCUT2D eigenvalue weighted by molar-refractivity contribution is 9.11. The minimum Gasteiger partial charge on any atom is -0.504 e. The van der Waals surface area contributed by atoms with Gasteiger partial charge in [0.25, 0.3) is 5.91 Å². The van der Waals surface area contributed by atoms with Gasteiger partial charge in [-0.1, -0.05) is 17.4 Å². The molecule has 0 atom stereocenters. The lowest BCUT2D eigenvalue weighted by molar-refractivity contribution is 0.102. The van der Waals surface area contributed by atoms with E-state index < -0.39 is 5.91 Å². The van der Waals surface area contributed by atoms with Crippen LogP contribution >= 0.6 is 27.3 Å². The van der Waals surface area contributed by atoms with Gasteiger partial charge in [0.05, 0.1) is 22.7 Å². The zero-order valence-corrected chi connectivity index (χ0v) is 11.7. The standard InChI is InChI=1S/C11H9BrN2O3S/c1-17-7-4-2-3-6(9(7)15)10(16)14-11-13-5-8(12)18-11/h2-5,15H,1H3,(H,13,14,16). The van der Waals surface area contributed by atoms with Crippen LogP contribution in [-0.4, -0.2) is 23.1 Å². The molecular weight excluding hydrogens is 320 g/mol. The number of carbonyl (C=O) groups excluding carboxylic acids is 1. The monoisotopic (exact) mass is 328 g/mol. The Morgan fingerprint density at radius 3 is 2.94 bits per heavy atom. The van der Waals surface area contributed by atoms with Crippen molar-refractivity contribution >= 4 is 38.3 Å². The van der Waals surface area contributed by atoms with Crippen LogP contribution in [0.1, 0.15) is 10.4 Å². The highest BCUT2D eigenvalue weighted by Crippen LogP contribution is 2.30. The van der Waals surface area contributed by atoms with Crippen LogP contribution in [-0.2, 0) is 0 Å². The summed E-state index contributed by atoms with van der Waals surface area (Å²) >= 11 is 4.54. The molecule has 0 saturated heterocycles. The summed E-state index contributed by atoms with van der Waals surface area (Å²) in [5.41, 5.74) is 0.140. The molecule has 0 aliphatic heterocycles. The zero-order chi connectivity index (χ0) is 13.1. The molecule has 0 aliphatic rings. The molecule has 1 amide bonds. The van der Waals surface area contributed by atoms with Crippen molar-refractivity contribution in [3.05, 3.63) is 33.7 Å². The van der Waals surface area contributed by atoms with Crippen LogP contribution in [0.3, 0.4) is 0 Å². The number of halogens is 1. The fourth-order valence-corrected chi connectivity index (χ4v) is 2.45. The number of nitrogens with zero attached hydrogens (tertiary/aromatic N) is 1. The number of aromatic nitrogens is 1. The number of amides is 1. The second kappa shape index (κ2) is 5.36. The Bertz CT molecular complexity index is 585. The average Bonchev–Trinajstić information content (AvgIpc) is 2.75. The summed E-state index contributed by atoms with van der Waals surface area (Å²) in [5, 5.41) is 12.9. The summed E-state index contributed by atoms with van der Waals surface area (Å²) in [6.07, 6.45) is 1.59.